The van der Waals surface area contributed by atoms with E-state index in [1.807, 2.05) is 13.1 Å². The molecule has 0 spiro atoms. The third-order valence-corrected chi connectivity index (χ3v) is 3.79. The fraction of sp³-hybridized carbons (Fsp3) is 0.375. The van der Waals surface area contributed by atoms with E-state index in [4.69, 9.17) is 11.6 Å². The lowest BCUT2D eigenvalue weighted by molar-refractivity contribution is -0.130. The molecular weight excluding hydrogens is 288 g/mol. The van der Waals surface area contributed by atoms with Crippen molar-refractivity contribution < 1.29 is 9.59 Å². The van der Waals surface area contributed by atoms with Crippen LogP contribution < -0.4 is 0 Å². The molecule has 1 aromatic rings. The zero-order valence-electron chi connectivity index (χ0n) is 12.3. The molecular formula is C16H19ClN2O2. The summed E-state index contributed by atoms with van der Waals surface area (Å²) in [5.74, 6) is -0.422. The van der Waals surface area contributed by atoms with Crippen LogP contribution in [0.2, 0.25) is 5.02 Å². The molecule has 21 heavy (non-hydrogen) atoms. The Morgan fingerprint density at radius 1 is 1.19 bits per heavy atom. The summed E-state index contributed by atoms with van der Waals surface area (Å²) in [4.78, 5) is 28.2. The highest BCUT2D eigenvalue weighted by Gasteiger charge is 2.24. The second kappa shape index (κ2) is 6.87. The van der Waals surface area contributed by atoms with E-state index >= 15 is 0 Å². The number of carbonyl (C=O) groups excluding carboxylic acids is 2. The molecule has 2 rings (SSSR count). The summed E-state index contributed by atoms with van der Waals surface area (Å²) in [7, 11) is 2.02. The predicted octanol–water partition coefficient (Wildman–Crippen LogP) is 2.09. The minimum atomic E-state index is -0.223. The maximum Gasteiger partial charge on any atom is 0.257 e. The van der Waals surface area contributed by atoms with Gasteiger partial charge in [-0.3, -0.25) is 9.59 Å². The van der Waals surface area contributed by atoms with Gasteiger partial charge in [-0.2, -0.15) is 0 Å². The summed E-state index contributed by atoms with van der Waals surface area (Å²) in [6, 6.07) is 7.12. The van der Waals surface area contributed by atoms with E-state index in [0.717, 1.165) is 18.7 Å². The highest BCUT2D eigenvalue weighted by Crippen LogP contribution is 2.16. The largest absolute Gasteiger partial charge is 0.336 e. The molecule has 1 saturated heterocycles. The van der Waals surface area contributed by atoms with Crippen LogP contribution in [-0.4, -0.2) is 54.7 Å². The second-order valence-corrected chi connectivity index (χ2v) is 5.70. The van der Waals surface area contributed by atoms with Crippen molar-refractivity contribution in [3.05, 3.63) is 40.4 Å². The summed E-state index contributed by atoms with van der Waals surface area (Å²) in [5.41, 5.74) is 0.969. The third kappa shape index (κ3) is 4.16. The number of rotatable bonds is 3. The predicted molar refractivity (Wildman–Crippen MR) is 84.2 cm³/mol. The highest BCUT2D eigenvalue weighted by molar-refractivity contribution is 6.30. The molecule has 1 aromatic carbocycles. The zero-order chi connectivity index (χ0) is 15.4. The van der Waals surface area contributed by atoms with Crippen LogP contribution in [0.15, 0.2) is 29.8 Å². The van der Waals surface area contributed by atoms with Crippen molar-refractivity contribution in [2.24, 2.45) is 0 Å². The Labute approximate surface area is 130 Å². The highest BCUT2D eigenvalue weighted by atomic mass is 35.5. The van der Waals surface area contributed by atoms with Crippen molar-refractivity contribution in [1.82, 2.24) is 9.80 Å². The van der Waals surface area contributed by atoms with Crippen LogP contribution in [0.3, 0.4) is 0 Å². The maximum absolute atomic E-state index is 12.5. The minimum Gasteiger partial charge on any atom is -0.336 e. The quantitative estimate of drug-likeness (QED) is 0.488. The number of hydrogen-bond acceptors (Lipinski definition) is 3. The molecule has 1 aliphatic heterocycles. The van der Waals surface area contributed by atoms with Gasteiger partial charge < -0.3 is 9.80 Å². The third-order valence-electron chi connectivity index (χ3n) is 3.56. The number of benzene rings is 1. The van der Waals surface area contributed by atoms with Gasteiger partial charge in [0.25, 0.3) is 5.91 Å². The van der Waals surface area contributed by atoms with Gasteiger partial charge in [0.1, 0.15) is 0 Å². The zero-order valence-corrected chi connectivity index (χ0v) is 13.1. The molecule has 0 saturated carbocycles. The Kier molecular flexibility index (Phi) is 5.15. The van der Waals surface area contributed by atoms with Gasteiger partial charge >= 0.3 is 0 Å². The lowest BCUT2D eigenvalue weighted by atomic mass is 10.1. The molecule has 1 heterocycles. The van der Waals surface area contributed by atoms with Crippen molar-refractivity contribution in [3.8, 4) is 0 Å². The lowest BCUT2D eigenvalue weighted by Gasteiger charge is -2.32. The van der Waals surface area contributed by atoms with E-state index in [9.17, 15) is 9.59 Å². The number of ketones is 1. The molecule has 4 nitrogen and oxygen atoms in total. The molecule has 0 radical (unpaired) electrons. The average molecular weight is 307 g/mol. The number of likely N-dealkylation sites (N-methyl/N-ethyl adjacent to an activating group) is 1. The number of halogens is 1. The molecule has 0 aliphatic carbocycles. The fourth-order valence-electron chi connectivity index (χ4n) is 2.26. The monoisotopic (exact) mass is 306 g/mol. The summed E-state index contributed by atoms with van der Waals surface area (Å²) in [6.07, 6.45) is 1.62. The molecule has 0 N–H and O–H groups in total. The Bertz CT molecular complexity index is 575. The van der Waals surface area contributed by atoms with Gasteiger partial charge in [0, 0.05) is 31.2 Å². The van der Waals surface area contributed by atoms with E-state index in [-0.39, 0.29) is 17.3 Å². The van der Waals surface area contributed by atoms with Gasteiger partial charge in [0.2, 0.25) is 0 Å². The summed E-state index contributed by atoms with van der Waals surface area (Å²) >= 11 is 5.94. The Hall–Kier alpha value is -1.65. The van der Waals surface area contributed by atoms with Crippen molar-refractivity contribution >= 4 is 29.4 Å². The van der Waals surface area contributed by atoms with E-state index in [1.165, 1.54) is 6.92 Å². The summed E-state index contributed by atoms with van der Waals surface area (Å²) < 4.78 is 0. The van der Waals surface area contributed by atoms with Gasteiger partial charge in [-0.05, 0) is 37.7 Å². The molecule has 5 heteroatoms. The molecule has 0 atom stereocenters. The van der Waals surface area contributed by atoms with Crippen LogP contribution in [0.25, 0.3) is 6.08 Å². The van der Waals surface area contributed by atoms with Gasteiger partial charge in [0.05, 0.1) is 5.57 Å². The molecule has 1 aliphatic rings. The van der Waals surface area contributed by atoms with Crippen LogP contribution >= 0.6 is 11.6 Å². The van der Waals surface area contributed by atoms with Gasteiger partial charge in [-0.1, -0.05) is 23.7 Å². The fourth-order valence-corrected chi connectivity index (χ4v) is 2.46. The van der Waals surface area contributed by atoms with E-state index in [0.29, 0.717) is 18.1 Å². The van der Waals surface area contributed by atoms with Crippen LogP contribution in [0.4, 0.5) is 0 Å². The average Bonchev–Trinajstić information content (AvgIpc) is 2.44. The van der Waals surface area contributed by atoms with Crippen LogP contribution in [-0.2, 0) is 9.59 Å². The van der Waals surface area contributed by atoms with E-state index in [1.54, 1.807) is 29.2 Å². The number of Topliss-reactive ketones (excluding diaryl/α,β-unsaturated/α-hetero) is 1. The van der Waals surface area contributed by atoms with Crippen LogP contribution in [0.5, 0.6) is 0 Å². The summed E-state index contributed by atoms with van der Waals surface area (Å²) in [6.45, 7) is 4.37. The minimum absolute atomic E-state index is 0.199. The first-order valence-electron chi connectivity index (χ1n) is 6.93. The molecule has 0 aromatic heterocycles. The van der Waals surface area contributed by atoms with E-state index < -0.39 is 0 Å². The van der Waals surface area contributed by atoms with Crippen LogP contribution in [0, 0.1) is 0 Å². The molecule has 1 amide bonds. The topological polar surface area (TPSA) is 40.6 Å². The Balaban J connectivity index is 2.22. The smallest absolute Gasteiger partial charge is 0.257 e. The molecule has 112 valence electrons. The Morgan fingerprint density at radius 3 is 2.43 bits per heavy atom. The first-order chi connectivity index (χ1) is 9.97. The number of carbonyl (C=O) groups is 2. The first-order valence-corrected chi connectivity index (χ1v) is 7.31. The van der Waals surface area contributed by atoms with Crippen molar-refractivity contribution in [2.75, 3.05) is 33.2 Å². The van der Waals surface area contributed by atoms with Crippen molar-refractivity contribution in [2.45, 2.75) is 6.92 Å². The first kappa shape index (κ1) is 15.7. The molecule has 0 bridgehead atoms. The number of amides is 1. The maximum atomic E-state index is 12.5. The SMILES string of the molecule is CC(=O)/C(=C\c1cccc(Cl)c1)C(=O)N1CCN(C)CC1. The second-order valence-electron chi connectivity index (χ2n) is 5.26. The number of nitrogens with zero attached hydrogens (tertiary/aromatic N) is 2. The van der Waals surface area contributed by atoms with Crippen LogP contribution in [0.1, 0.15) is 12.5 Å². The van der Waals surface area contributed by atoms with E-state index in [2.05, 4.69) is 4.90 Å². The van der Waals surface area contributed by atoms with Gasteiger partial charge in [0.15, 0.2) is 5.78 Å². The van der Waals surface area contributed by atoms with Gasteiger partial charge in [-0.15, -0.1) is 0 Å². The number of piperazine rings is 1. The Morgan fingerprint density at radius 2 is 1.86 bits per heavy atom. The van der Waals surface area contributed by atoms with Gasteiger partial charge in [-0.25, -0.2) is 0 Å². The van der Waals surface area contributed by atoms with Crippen molar-refractivity contribution in [1.29, 1.82) is 0 Å². The number of hydrogen-bond donors (Lipinski definition) is 0. The normalized spacial score (nSPS) is 16.9. The summed E-state index contributed by atoms with van der Waals surface area (Å²) in [5, 5.41) is 0.582. The molecule has 0 unspecified atom stereocenters. The standard InChI is InChI=1S/C16H19ClN2O2/c1-12(20)15(11-13-4-3-5-14(17)10-13)16(21)19-8-6-18(2)7-9-19/h3-5,10-11H,6-9H2,1-2H3/b15-11+. The molecule has 1 fully saturated rings. The lowest BCUT2D eigenvalue weighted by Crippen LogP contribution is -2.48. The van der Waals surface area contributed by atoms with Crippen molar-refractivity contribution in [3.63, 3.8) is 0 Å².